The molecule has 0 amide bonds. The molecule has 0 aliphatic carbocycles. The van der Waals surface area contributed by atoms with Crippen LogP contribution in [0.4, 0.5) is 0 Å². The zero-order valence-corrected chi connectivity index (χ0v) is 16.4. The summed E-state index contributed by atoms with van der Waals surface area (Å²) < 4.78 is 0. The third kappa shape index (κ3) is 3.40. The van der Waals surface area contributed by atoms with E-state index in [2.05, 4.69) is 52.0 Å². The van der Waals surface area contributed by atoms with Gasteiger partial charge >= 0.3 is 0 Å². The highest BCUT2D eigenvalue weighted by atomic mass is 16.3. The van der Waals surface area contributed by atoms with Gasteiger partial charge in [-0.15, -0.1) is 0 Å². The van der Waals surface area contributed by atoms with Crippen molar-refractivity contribution in [2.45, 2.75) is 38.5 Å². The van der Waals surface area contributed by atoms with Crippen LogP contribution in [0.25, 0.3) is 0 Å². The fraction of sp³-hybridized carbons (Fsp3) is 0.240. The van der Waals surface area contributed by atoms with Gasteiger partial charge in [0.1, 0.15) is 5.75 Å². The minimum absolute atomic E-state index is 0.0493. The molecule has 3 aromatic rings. The first-order valence-electron chi connectivity index (χ1n) is 9.22. The van der Waals surface area contributed by atoms with Gasteiger partial charge < -0.3 is 5.11 Å². The molecule has 0 aromatic heterocycles. The third-order valence-corrected chi connectivity index (χ3v) is 5.37. The monoisotopic (exact) mass is 358 g/mol. The highest BCUT2D eigenvalue weighted by Gasteiger charge is 2.35. The molecule has 2 nitrogen and oxygen atoms in total. The lowest BCUT2D eigenvalue weighted by Crippen LogP contribution is -2.27. The van der Waals surface area contributed by atoms with Gasteiger partial charge in [0.2, 0.25) is 0 Å². The summed E-state index contributed by atoms with van der Waals surface area (Å²) in [4.78, 5) is 11.7. The van der Waals surface area contributed by atoms with E-state index in [1.165, 1.54) is 0 Å². The Morgan fingerprint density at radius 1 is 0.741 bits per heavy atom. The fourth-order valence-corrected chi connectivity index (χ4v) is 3.58. The molecular formula is C25H26O2. The largest absolute Gasteiger partial charge is 0.507 e. The summed E-state index contributed by atoms with van der Waals surface area (Å²) in [5.74, 6) is 0.0493. The van der Waals surface area contributed by atoms with Crippen molar-refractivity contribution in [1.29, 1.82) is 0 Å². The van der Waals surface area contributed by atoms with Crippen molar-refractivity contribution in [2.24, 2.45) is 0 Å². The van der Waals surface area contributed by atoms with Gasteiger partial charge in [-0.25, -0.2) is 0 Å². The van der Waals surface area contributed by atoms with Gasteiger partial charge in [-0.2, -0.15) is 0 Å². The number of rotatable bonds is 4. The molecular weight excluding hydrogens is 332 g/mol. The molecule has 0 aliphatic rings. The van der Waals surface area contributed by atoms with Crippen molar-refractivity contribution < 1.29 is 9.90 Å². The predicted molar refractivity (Wildman–Crippen MR) is 111 cm³/mol. The quantitative estimate of drug-likeness (QED) is 0.469. The number of carbonyl (C=O) groups excluding carboxylic acids is 1. The summed E-state index contributed by atoms with van der Waals surface area (Å²) >= 11 is 0. The number of carbonyl (C=O) groups is 1. The van der Waals surface area contributed by atoms with Gasteiger partial charge in [-0.3, -0.25) is 4.79 Å². The Hall–Kier alpha value is -2.87. The molecule has 0 radical (unpaired) electrons. The van der Waals surface area contributed by atoms with Crippen molar-refractivity contribution in [3.05, 3.63) is 101 Å². The molecule has 3 aromatic carbocycles. The average Bonchev–Trinajstić information content (AvgIpc) is 2.68. The maximum atomic E-state index is 11.7. The smallest absolute Gasteiger partial charge is 0.153 e. The second-order valence-electron chi connectivity index (χ2n) is 8.19. The zero-order valence-electron chi connectivity index (χ0n) is 16.4. The summed E-state index contributed by atoms with van der Waals surface area (Å²) in [5.41, 5.74) is 3.49. The van der Waals surface area contributed by atoms with Crippen molar-refractivity contribution in [3.63, 3.8) is 0 Å². The number of hydrogen-bond donors (Lipinski definition) is 1. The van der Waals surface area contributed by atoms with Gasteiger partial charge in [-0.05, 0) is 35.1 Å². The Labute approximate surface area is 161 Å². The lowest BCUT2D eigenvalue weighted by atomic mass is 9.69. The van der Waals surface area contributed by atoms with Crippen LogP contribution >= 0.6 is 0 Å². The molecule has 2 heteroatoms. The van der Waals surface area contributed by atoms with Crippen LogP contribution in [0.15, 0.2) is 72.8 Å². The van der Waals surface area contributed by atoms with Crippen LogP contribution < -0.4 is 0 Å². The van der Waals surface area contributed by atoms with E-state index >= 15 is 0 Å². The second kappa shape index (κ2) is 7.03. The van der Waals surface area contributed by atoms with Crippen LogP contribution in [0, 0.1) is 0 Å². The van der Waals surface area contributed by atoms with Crippen molar-refractivity contribution in [2.75, 3.05) is 0 Å². The Balaban J connectivity index is 2.39. The van der Waals surface area contributed by atoms with Gasteiger partial charge in [0.25, 0.3) is 0 Å². The summed E-state index contributed by atoms with van der Waals surface area (Å²) in [6.45, 7) is 8.44. The Morgan fingerprint density at radius 2 is 1.22 bits per heavy atom. The molecule has 0 atom stereocenters. The number of aromatic hydroxyl groups is 1. The number of benzene rings is 3. The van der Waals surface area contributed by atoms with E-state index in [-0.39, 0.29) is 11.2 Å². The van der Waals surface area contributed by atoms with Gasteiger partial charge in [-0.1, -0.05) is 87.5 Å². The van der Waals surface area contributed by atoms with E-state index in [4.69, 9.17) is 0 Å². The van der Waals surface area contributed by atoms with E-state index in [9.17, 15) is 9.90 Å². The number of hydrogen-bond acceptors (Lipinski definition) is 2. The molecule has 0 saturated heterocycles. The number of phenolic OH excluding ortho intramolecular Hbond substituents is 1. The number of phenols is 1. The number of aldehydes is 1. The summed E-state index contributed by atoms with van der Waals surface area (Å²) in [5, 5.41) is 11.0. The Kier molecular flexibility index (Phi) is 4.93. The molecule has 0 heterocycles. The normalized spacial score (nSPS) is 12.0. The van der Waals surface area contributed by atoms with Crippen LogP contribution in [0.2, 0.25) is 0 Å². The van der Waals surface area contributed by atoms with E-state index in [0.717, 1.165) is 28.5 Å². The summed E-state index contributed by atoms with van der Waals surface area (Å²) in [7, 11) is 0. The first-order valence-corrected chi connectivity index (χ1v) is 9.22. The Bertz CT molecular complexity index is 896. The Morgan fingerprint density at radius 3 is 1.63 bits per heavy atom. The second-order valence-corrected chi connectivity index (χ2v) is 8.19. The SMILES string of the molecule is CC(C)(C)c1cc(C=O)c(O)c(C(C)(c2ccccc2)c2ccccc2)c1. The molecule has 0 fully saturated rings. The third-order valence-electron chi connectivity index (χ3n) is 5.37. The van der Waals surface area contributed by atoms with Crippen LogP contribution in [-0.2, 0) is 10.8 Å². The average molecular weight is 358 g/mol. The van der Waals surface area contributed by atoms with E-state index in [1.807, 2.05) is 42.5 Å². The van der Waals surface area contributed by atoms with Crippen molar-refractivity contribution >= 4 is 6.29 Å². The maximum Gasteiger partial charge on any atom is 0.153 e. The first-order chi connectivity index (χ1) is 12.8. The maximum absolute atomic E-state index is 11.7. The van der Waals surface area contributed by atoms with Crippen LogP contribution in [0.1, 0.15) is 60.3 Å². The lowest BCUT2D eigenvalue weighted by Gasteiger charge is -2.34. The minimum atomic E-state index is -0.592. The summed E-state index contributed by atoms with van der Waals surface area (Å²) in [6.07, 6.45) is 0.741. The van der Waals surface area contributed by atoms with E-state index < -0.39 is 5.41 Å². The topological polar surface area (TPSA) is 37.3 Å². The molecule has 0 unspecified atom stereocenters. The molecule has 0 spiro atoms. The molecule has 0 bridgehead atoms. The van der Waals surface area contributed by atoms with Gasteiger partial charge in [0.15, 0.2) is 6.29 Å². The zero-order chi connectivity index (χ0) is 19.7. The van der Waals surface area contributed by atoms with Crippen molar-refractivity contribution in [3.8, 4) is 5.75 Å². The molecule has 0 saturated carbocycles. The lowest BCUT2D eigenvalue weighted by molar-refractivity contribution is 0.112. The molecule has 27 heavy (non-hydrogen) atoms. The van der Waals surface area contributed by atoms with Crippen LogP contribution in [0.3, 0.4) is 0 Å². The van der Waals surface area contributed by atoms with Gasteiger partial charge in [0.05, 0.1) is 5.56 Å². The van der Waals surface area contributed by atoms with E-state index in [1.54, 1.807) is 6.07 Å². The highest BCUT2D eigenvalue weighted by molar-refractivity contribution is 5.81. The highest BCUT2D eigenvalue weighted by Crippen LogP contribution is 2.45. The van der Waals surface area contributed by atoms with Crippen LogP contribution in [-0.4, -0.2) is 11.4 Å². The minimum Gasteiger partial charge on any atom is -0.507 e. The summed E-state index contributed by atoms with van der Waals surface area (Å²) in [6, 6.07) is 24.1. The predicted octanol–water partition coefficient (Wildman–Crippen LogP) is 5.86. The van der Waals surface area contributed by atoms with Crippen molar-refractivity contribution in [1.82, 2.24) is 0 Å². The molecule has 1 N–H and O–H groups in total. The molecule has 3 rings (SSSR count). The van der Waals surface area contributed by atoms with Crippen LogP contribution in [0.5, 0.6) is 5.75 Å². The standard InChI is InChI=1S/C25H26O2/c1-24(2,3)21-15-18(17-26)23(27)22(16-21)25(4,19-11-7-5-8-12-19)20-13-9-6-10-14-20/h5-17,27H,1-4H3. The van der Waals surface area contributed by atoms with Gasteiger partial charge in [0, 0.05) is 11.0 Å². The molecule has 0 aliphatic heterocycles. The first kappa shape index (κ1) is 18.9. The molecule has 138 valence electrons. The fourth-order valence-electron chi connectivity index (χ4n) is 3.58. The van der Waals surface area contributed by atoms with E-state index in [0.29, 0.717) is 5.56 Å².